The van der Waals surface area contributed by atoms with E-state index in [4.69, 9.17) is 4.74 Å². The van der Waals surface area contributed by atoms with Gasteiger partial charge in [0.1, 0.15) is 0 Å². The minimum atomic E-state index is 0.0577. The van der Waals surface area contributed by atoms with Crippen LogP contribution in [-0.2, 0) is 20.7 Å². The molecule has 2 heterocycles. The summed E-state index contributed by atoms with van der Waals surface area (Å²) < 4.78 is 5.15. The van der Waals surface area contributed by atoms with Crippen LogP contribution in [0.2, 0.25) is 0 Å². The molecule has 0 radical (unpaired) electrons. The lowest BCUT2D eigenvalue weighted by Gasteiger charge is -2.48. The van der Waals surface area contributed by atoms with Crippen LogP contribution in [0.4, 0.5) is 0 Å². The maximum absolute atomic E-state index is 12.8. The lowest BCUT2D eigenvalue weighted by atomic mass is 9.73. The number of amides is 2. The average Bonchev–Trinajstić information content (AvgIpc) is 2.63. The summed E-state index contributed by atoms with van der Waals surface area (Å²) in [6.45, 7) is 5.62. The van der Waals surface area contributed by atoms with Gasteiger partial charge in [-0.2, -0.15) is 0 Å². The third-order valence-corrected chi connectivity index (χ3v) is 5.77. The molecule has 2 amide bonds. The van der Waals surface area contributed by atoms with Crippen LogP contribution in [0.1, 0.15) is 36.8 Å². The molecule has 0 unspecified atom stereocenters. The van der Waals surface area contributed by atoms with Gasteiger partial charge in [0, 0.05) is 45.1 Å². The van der Waals surface area contributed by atoms with Gasteiger partial charge in [0.25, 0.3) is 0 Å². The van der Waals surface area contributed by atoms with E-state index in [2.05, 4.69) is 19.1 Å². The molecule has 2 fully saturated rings. The van der Waals surface area contributed by atoms with Crippen molar-refractivity contribution in [3.8, 4) is 0 Å². The minimum Gasteiger partial charge on any atom is -0.383 e. The molecule has 1 aromatic rings. The fourth-order valence-corrected chi connectivity index (χ4v) is 4.37. The molecule has 0 N–H and O–H groups in total. The number of hydrogen-bond donors (Lipinski definition) is 0. The normalized spacial score (nSPS) is 23.5. The van der Waals surface area contributed by atoms with E-state index in [1.54, 1.807) is 7.11 Å². The van der Waals surface area contributed by atoms with Crippen molar-refractivity contribution in [3.63, 3.8) is 0 Å². The van der Waals surface area contributed by atoms with Crippen molar-refractivity contribution in [1.82, 2.24) is 9.80 Å². The number of likely N-dealkylation sites (tertiary alicyclic amines) is 2. The first-order valence-corrected chi connectivity index (χ1v) is 9.61. The van der Waals surface area contributed by atoms with Crippen molar-refractivity contribution in [1.29, 1.82) is 0 Å². The number of piperidine rings is 2. The van der Waals surface area contributed by atoms with E-state index in [0.29, 0.717) is 26.0 Å². The van der Waals surface area contributed by atoms with E-state index in [1.807, 2.05) is 21.9 Å². The molecule has 2 saturated heterocycles. The highest BCUT2D eigenvalue weighted by atomic mass is 16.5. The maximum atomic E-state index is 12.8. The Kier molecular flexibility index (Phi) is 5.97. The molecule has 0 aromatic heterocycles. The molecule has 0 bridgehead atoms. The third kappa shape index (κ3) is 4.44. The van der Waals surface area contributed by atoms with Gasteiger partial charge in [-0.15, -0.1) is 0 Å². The first kappa shape index (κ1) is 18.9. The highest BCUT2D eigenvalue weighted by molar-refractivity contribution is 5.79. The van der Waals surface area contributed by atoms with Gasteiger partial charge >= 0.3 is 0 Å². The van der Waals surface area contributed by atoms with Gasteiger partial charge < -0.3 is 14.5 Å². The molecule has 0 aliphatic carbocycles. The van der Waals surface area contributed by atoms with Crippen molar-refractivity contribution in [2.45, 2.75) is 39.0 Å². The van der Waals surface area contributed by atoms with Crippen LogP contribution >= 0.6 is 0 Å². The number of methoxy groups -OCH3 is 1. The number of nitrogens with zero attached hydrogens (tertiary/aromatic N) is 2. The number of benzene rings is 1. The summed E-state index contributed by atoms with van der Waals surface area (Å²) >= 11 is 0. The molecule has 1 spiro atoms. The van der Waals surface area contributed by atoms with E-state index in [0.717, 1.165) is 44.5 Å². The van der Waals surface area contributed by atoms with Crippen molar-refractivity contribution in [2.24, 2.45) is 5.41 Å². The van der Waals surface area contributed by atoms with Crippen molar-refractivity contribution < 1.29 is 14.3 Å². The Hall–Kier alpha value is -1.88. The number of hydrogen-bond acceptors (Lipinski definition) is 3. The van der Waals surface area contributed by atoms with Gasteiger partial charge in [-0.1, -0.05) is 29.8 Å². The predicted octanol–water partition coefficient (Wildman–Crippen LogP) is 2.42. The summed E-state index contributed by atoms with van der Waals surface area (Å²) in [6.07, 6.45) is 4.06. The Morgan fingerprint density at radius 2 is 2.12 bits per heavy atom. The van der Waals surface area contributed by atoms with Crippen LogP contribution in [0.3, 0.4) is 0 Å². The van der Waals surface area contributed by atoms with Crippen LogP contribution in [0.25, 0.3) is 0 Å². The Morgan fingerprint density at radius 3 is 2.88 bits per heavy atom. The van der Waals surface area contributed by atoms with E-state index in [1.165, 1.54) is 5.56 Å². The number of carbonyl (C=O) groups excluding carboxylic acids is 2. The number of ether oxygens (including phenoxy) is 1. The smallest absolute Gasteiger partial charge is 0.227 e. The Bertz CT molecular complexity index is 660. The van der Waals surface area contributed by atoms with E-state index in [-0.39, 0.29) is 17.2 Å². The summed E-state index contributed by atoms with van der Waals surface area (Å²) in [5.41, 5.74) is 2.32. The zero-order valence-corrected chi connectivity index (χ0v) is 16.0. The van der Waals surface area contributed by atoms with Crippen LogP contribution in [0.15, 0.2) is 24.3 Å². The van der Waals surface area contributed by atoms with Crippen LogP contribution in [-0.4, -0.2) is 61.5 Å². The highest BCUT2D eigenvalue weighted by Gasteiger charge is 2.42. The fourth-order valence-electron chi connectivity index (χ4n) is 4.37. The molecule has 26 heavy (non-hydrogen) atoms. The first-order chi connectivity index (χ1) is 12.5. The van der Waals surface area contributed by atoms with Crippen molar-refractivity contribution in [3.05, 3.63) is 35.4 Å². The molecule has 142 valence electrons. The summed E-state index contributed by atoms with van der Waals surface area (Å²) in [5, 5.41) is 0. The van der Waals surface area contributed by atoms with Crippen molar-refractivity contribution in [2.75, 3.05) is 39.9 Å². The molecular formula is C21H30N2O3. The molecule has 1 aromatic carbocycles. The summed E-state index contributed by atoms with van der Waals surface area (Å²) in [4.78, 5) is 29.0. The zero-order valence-electron chi connectivity index (χ0n) is 16.0. The predicted molar refractivity (Wildman–Crippen MR) is 101 cm³/mol. The van der Waals surface area contributed by atoms with E-state index in [9.17, 15) is 9.59 Å². The third-order valence-electron chi connectivity index (χ3n) is 5.77. The molecule has 2 aliphatic rings. The highest BCUT2D eigenvalue weighted by Crippen LogP contribution is 2.39. The Morgan fingerprint density at radius 1 is 1.27 bits per heavy atom. The zero-order chi connectivity index (χ0) is 18.6. The largest absolute Gasteiger partial charge is 0.383 e. The molecule has 5 nitrogen and oxygen atoms in total. The summed E-state index contributed by atoms with van der Waals surface area (Å²) in [7, 11) is 1.66. The van der Waals surface area contributed by atoms with Crippen LogP contribution in [0.5, 0.6) is 0 Å². The van der Waals surface area contributed by atoms with Gasteiger partial charge in [-0.05, 0) is 31.7 Å². The summed E-state index contributed by atoms with van der Waals surface area (Å²) in [6, 6.07) is 8.17. The molecule has 3 rings (SSSR count). The van der Waals surface area contributed by atoms with Crippen LogP contribution < -0.4 is 0 Å². The van der Waals surface area contributed by atoms with Crippen LogP contribution in [0, 0.1) is 12.3 Å². The van der Waals surface area contributed by atoms with E-state index >= 15 is 0 Å². The van der Waals surface area contributed by atoms with Gasteiger partial charge in [-0.3, -0.25) is 9.59 Å². The second-order valence-corrected chi connectivity index (χ2v) is 7.89. The quantitative estimate of drug-likeness (QED) is 0.812. The minimum absolute atomic E-state index is 0.0577. The second kappa shape index (κ2) is 8.21. The molecule has 5 heteroatoms. The molecular weight excluding hydrogens is 328 g/mol. The average molecular weight is 358 g/mol. The SMILES string of the molecule is COCCN1C[C@@]2(CCCN(C(=O)Cc3cccc(C)c3)C2)CCC1=O. The van der Waals surface area contributed by atoms with Gasteiger partial charge in [-0.25, -0.2) is 0 Å². The molecule has 1 atom stereocenters. The van der Waals surface area contributed by atoms with E-state index < -0.39 is 0 Å². The number of carbonyl (C=O) groups is 2. The molecule has 0 saturated carbocycles. The monoisotopic (exact) mass is 358 g/mol. The fraction of sp³-hybridized carbons (Fsp3) is 0.619. The maximum Gasteiger partial charge on any atom is 0.227 e. The molecule has 2 aliphatic heterocycles. The number of aryl methyl sites for hydroxylation is 1. The Labute approximate surface area is 156 Å². The Balaban J connectivity index is 1.64. The first-order valence-electron chi connectivity index (χ1n) is 9.61. The topological polar surface area (TPSA) is 49.9 Å². The van der Waals surface area contributed by atoms with Gasteiger partial charge in [0.05, 0.1) is 13.0 Å². The van der Waals surface area contributed by atoms with Crippen molar-refractivity contribution >= 4 is 11.8 Å². The number of rotatable bonds is 5. The standard InChI is InChI=1S/C21H30N2O3/c1-17-5-3-6-18(13-17)14-20(25)22-10-4-8-21(15-22)9-7-19(24)23(16-21)11-12-26-2/h3,5-6,13H,4,7-12,14-16H2,1-2H3/t21-/m0/s1. The lowest BCUT2D eigenvalue weighted by molar-refractivity contribution is -0.143. The van der Waals surface area contributed by atoms with Gasteiger partial charge in [0.2, 0.25) is 11.8 Å². The van der Waals surface area contributed by atoms with Gasteiger partial charge in [0.15, 0.2) is 0 Å². The lowest BCUT2D eigenvalue weighted by Crippen LogP contribution is -2.55. The summed E-state index contributed by atoms with van der Waals surface area (Å²) in [5.74, 6) is 0.422. The second-order valence-electron chi connectivity index (χ2n) is 7.89.